The van der Waals surface area contributed by atoms with E-state index < -0.39 is 6.04 Å². The van der Waals surface area contributed by atoms with Crippen LogP contribution in [0.2, 0.25) is 5.02 Å². The standard InChI is InChI=1S/C27H35ClN2O2/c1-3-25(27(32)29-23-10-5-4-6-11-23)30(19-21-15-13-20(2)14-16-21)26(31)18-17-22-9-7-8-12-24(22)28/h7-9,12-16,23,25H,3-6,10-11,17-19H2,1-2H3,(H,29,32). The number of carbonyl (C=O) groups is 2. The molecule has 1 aliphatic carbocycles. The zero-order valence-electron chi connectivity index (χ0n) is 19.3. The number of nitrogens with zero attached hydrogens (tertiary/aromatic N) is 1. The van der Waals surface area contributed by atoms with E-state index in [4.69, 9.17) is 11.6 Å². The predicted octanol–water partition coefficient (Wildman–Crippen LogP) is 5.84. The minimum Gasteiger partial charge on any atom is -0.352 e. The molecule has 2 amide bonds. The van der Waals surface area contributed by atoms with Gasteiger partial charge in [-0.1, -0.05) is 85.8 Å². The van der Waals surface area contributed by atoms with E-state index in [-0.39, 0.29) is 17.9 Å². The summed E-state index contributed by atoms with van der Waals surface area (Å²) >= 11 is 6.29. The zero-order valence-corrected chi connectivity index (χ0v) is 20.0. The molecule has 1 fully saturated rings. The first kappa shape index (κ1) is 24.3. The molecule has 0 bridgehead atoms. The molecule has 0 aliphatic heterocycles. The third kappa shape index (κ3) is 6.83. The Morgan fingerprint density at radius 1 is 1.06 bits per heavy atom. The van der Waals surface area contributed by atoms with Crippen molar-refractivity contribution >= 4 is 23.4 Å². The maximum absolute atomic E-state index is 13.4. The summed E-state index contributed by atoms with van der Waals surface area (Å²) in [5, 5.41) is 3.90. The van der Waals surface area contributed by atoms with Crippen molar-refractivity contribution in [3.8, 4) is 0 Å². The van der Waals surface area contributed by atoms with E-state index in [0.29, 0.717) is 30.8 Å². The number of carbonyl (C=O) groups excluding carboxylic acids is 2. The van der Waals surface area contributed by atoms with Gasteiger partial charge in [-0.3, -0.25) is 9.59 Å². The fourth-order valence-corrected chi connectivity index (χ4v) is 4.67. The molecule has 1 atom stereocenters. The first-order valence-corrected chi connectivity index (χ1v) is 12.2. The van der Waals surface area contributed by atoms with Crippen molar-refractivity contribution in [2.75, 3.05) is 0 Å². The number of hydrogen-bond acceptors (Lipinski definition) is 2. The number of benzene rings is 2. The molecular formula is C27H35ClN2O2. The Hall–Kier alpha value is -2.33. The maximum Gasteiger partial charge on any atom is 0.243 e. The molecule has 1 saturated carbocycles. The maximum atomic E-state index is 13.4. The van der Waals surface area contributed by atoms with Gasteiger partial charge in [0.1, 0.15) is 6.04 Å². The molecule has 5 heteroatoms. The SMILES string of the molecule is CCC(C(=O)NC1CCCCC1)N(Cc1ccc(C)cc1)C(=O)CCc1ccccc1Cl. The van der Waals surface area contributed by atoms with E-state index in [0.717, 1.165) is 36.8 Å². The molecule has 0 spiro atoms. The van der Waals surface area contributed by atoms with Gasteiger partial charge in [0.2, 0.25) is 11.8 Å². The van der Waals surface area contributed by atoms with Gasteiger partial charge < -0.3 is 10.2 Å². The van der Waals surface area contributed by atoms with Crippen molar-refractivity contribution in [1.82, 2.24) is 10.2 Å². The average Bonchev–Trinajstić information content (AvgIpc) is 2.80. The van der Waals surface area contributed by atoms with Crippen LogP contribution in [0.4, 0.5) is 0 Å². The first-order valence-electron chi connectivity index (χ1n) is 11.9. The monoisotopic (exact) mass is 454 g/mol. The van der Waals surface area contributed by atoms with Crippen molar-refractivity contribution in [2.24, 2.45) is 0 Å². The quantitative estimate of drug-likeness (QED) is 0.517. The van der Waals surface area contributed by atoms with Gasteiger partial charge in [0.25, 0.3) is 0 Å². The van der Waals surface area contributed by atoms with E-state index in [2.05, 4.69) is 5.32 Å². The Bertz CT molecular complexity index is 891. The van der Waals surface area contributed by atoms with E-state index in [1.165, 1.54) is 12.0 Å². The fourth-order valence-electron chi connectivity index (χ4n) is 4.44. The fraction of sp³-hybridized carbons (Fsp3) is 0.481. The summed E-state index contributed by atoms with van der Waals surface area (Å²) < 4.78 is 0. The van der Waals surface area contributed by atoms with Crippen LogP contribution in [0.15, 0.2) is 48.5 Å². The summed E-state index contributed by atoms with van der Waals surface area (Å²) in [6.45, 7) is 4.45. The molecule has 172 valence electrons. The van der Waals surface area contributed by atoms with Crippen molar-refractivity contribution in [2.45, 2.75) is 83.8 Å². The lowest BCUT2D eigenvalue weighted by atomic mass is 9.95. The summed E-state index contributed by atoms with van der Waals surface area (Å²) in [6, 6.07) is 15.5. The normalized spacial score (nSPS) is 15.2. The molecular weight excluding hydrogens is 420 g/mol. The average molecular weight is 455 g/mol. The Kier molecular flexibility index (Phi) is 9.16. The van der Waals surface area contributed by atoms with Gasteiger partial charge in [-0.25, -0.2) is 0 Å². The Morgan fingerprint density at radius 2 is 1.75 bits per heavy atom. The second-order valence-electron chi connectivity index (χ2n) is 8.87. The van der Waals surface area contributed by atoms with E-state index in [1.807, 2.05) is 62.4 Å². The van der Waals surface area contributed by atoms with Gasteiger partial charge in [0.15, 0.2) is 0 Å². The number of hydrogen-bond donors (Lipinski definition) is 1. The largest absolute Gasteiger partial charge is 0.352 e. The smallest absolute Gasteiger partial charge is 0.243 e. The number of aryl methyl sites for hydroxylation is 2. The third-order valence-corrected chi connectivity index (χ3v) is 6.75. The van der Waals surface area contributed by atoms with Crippen LogP contribution in [0.5, 0.6) is 0 Å². The van der Waals surface area contributed by atoms with Gasteiger partial charge in [-0.15, -0.1) is 0 Å². The van der Waals surface area contributed by atoms with Gasteiger partial charge >= 0.3 is 0 Å². The Labute approximate surface area is 197 Å². The van der Waals surface area contributed by atoms with E-state index in [1.54, 1.807) is 4.90 Å². The molecule has 2 aromatic rings. The van der Waals surface area contributed by atoms with Gasteiger partial charge in [-0.05, 0) is 49.8 Å². The second-order valence-corrected chi connectivity index (χ2v) is 9.27. The van der Waals surface area contributed by atoms with Crippen LogP contribution >= 0.6 is 11.6 Å². The van der Waals surface area contributed by atoms with Crippen molar-refractivity contribution in [1.29, 1.82) is 0 Å². The molecule has 1 N–H and O–H groups in total. The highest BCUT2D eigenvalue weighted by molar-refractivity contribution is 6.31. The van der Waals surface area contributed by atoms with E-state index in [9.17, 15) is 9.59 Å². The van der Waals surface area contributed by atoms with Crippen LogP contribution in [0.3, 0.4) is 0 Å². The van der Waals surface area contributed by atoms with Crippen molar-refractivity contribution < 1.29 is 9.59 Å². The van der Waals surface area contributed by atoms with Crippen LogP contribution < -0.4 is 5.32 Å². The molecule has 0 aromatic heterocycles. The third-order valence-electron chi connectivity index (χ3n) is 6.38. The highest BCUT2D eigenvalue weighted by Crippen LogP contribution is 2.21. The lowest BCUT2D eigenvalue weighted by Crippen LogP contribution is -2.51. The lowest BCUT2D eigenvalue weighted by Gasteiger charge is -2.33. The Morgan fingerprint density at radius 3 is 2.41 bits per heavy atom. The molecule has 0 saturated heterocycles. The highest BCUT2D eigenvalue weighted by Gasteiger charge is 2.30. The summed E-state index contributed by atoms with van der Waals surface area (Å²) in [5.74, 6) is -0.0475. The summed E-state index contributed by atoms with van der Waals surface area (Å²) in [7, 11) is 0. The first-order chi connectivity index (χ1) is 15.5. The second kappa shape index (κ2) is 12.1. The topological polar surface area (TPSA) is 49.4 Å². The molecule has 0 heterocycles. The summed E-state index contributed by atoms with van der Waals surface area (Å²) in [5.41, 5.74) is 3.16. The molecule has 4 nitrogen and oxygen atoms in total. The summed E-state index contributed by atoms with van der Waals surface area (Å²) in [6.07, 6.45) is 7.08. The number of halogens is 1. The number of rotatable bonds is 9. The molecule has 1 aliphatic rings. The molecule has 32 heavy (non-hydrogen) atoms. The molecule has 0 radical (unpaired) electrons. The van der Waals surface area contributed by atoms with E-state index >= 15 is 0 Å². The zero-order chi connectivity index (χ0) is 22.9. The molecule has 3 rings (SSSR count). The van der Waals surface area contributed by atoms with Gasteiger partial charge in [-0.2, -0.15) is 0 Å². The minimum absolute atomic E-state index is 0.0175. The predicted molar refractivity (Wildman–Crippen MR) is 131 cm³/mol. The van der Waals surface area contributed by atoms with Crippen LogP contribution in [-0.4, -0.2) is 28.8 Å². The van der Waals surface area contributed by atoms with Gasteiger partial charge in [0.05, 0.1) is 0 Å². The van der Waals surface area contributed by atoms with Crippen molar-refractivity contribution in [3.63, 3.8) is 0 Å². The van der Waals surface area contributed by atoms with Gasteiger partial charge in [0, 0.05) is 24.0 Å². The molecule has 1 unspecified atom stereocenters. The summed E-state index contributed by atoms with van der Waals surface area (Å²) in [4.78, 5) is 28.4. The van der Waals surface area contributed by atoms with Crippen LogP contribution in [0.1, 0.15) is 68.6 Å². The minimum atomic E-state index is -0.475. The number of nitrogens with one attached hydrogen (secondary N) is 1. The van der Waals surface area contributed by atoms with Crippen LogP contribution in [0, 0.1) is 6.92 Å². The Balaban J connectivity index is 1.75. The van der Waals surface area contributed by atoms with Crippen LogP contribution in [0.25, 0.3) is 0 Å². The number of amides is 2. The molecule has 2 aromatic carbocycles. The van der Waals surface area contributed by atoms with Crippen molar-refractivity contribution in [3.05, 3.63) is 70.2 Å². The van der Waals surface area contributed by atoms with Crippen LogP contribution in [-0.2, 0) is 22.6 Å². The highest BCUT2D eigenvalue weighted by atomic mass is 35.5. The lowest BCUT2D eigenvalue weighted by molar-refractivity contribution is -0.141.